The Balaban J connectivity index is 1.70. The van der Waals surface area contributed by atoms with Crippen LogP contribution in [0.4, 0.5) is 0 Å². The lowest BCUT2D eigenvalue weighted by Gasteiger charge is -2.50. The first kappa shape index (κ1) is 14.2. The van der Waals surface area contributed by atoms with Crippen LogP contribution in [-0.4, -0.2) is 59.5 Å². The fraction of sp³-hybridized carbons (Fsp3) is 1.00. The van der Waals surface area contributed by atoms with Crippen LogP contribution in [0.1, 0.15) is 38.5 Å². The van der Waals surface area contributed by atoms with Crippen molar-refractivity contribution in [2.45, 2.75) is 49.7 Å². The molecule has 0 aromatic rings. The van der Waals surface area contributed by atoms with Gasteiger partial charge in [-0.1, -0.05) is 0 Å². The van der Waals surface area contributed by atoms with Crippen LogP contribution in [0.15, 0.2) is 0 Å². The number of aliphatic hydroxyl groups is 1. The lowest BCUT2D eigenvalue weighted by atomic mass is 9.71. The van der Waals surface area contributed by atoms with Gasteiger partial charge in [-0.25, -0.2) is 0 Å². The van der Waals surface area contributed by atoms with Gasteiger partial charge in [0.05, 0.1) is 11.2 Å². The summed E-state index contributed by atoms with van der Waals surface area (Å²) in [5, 5.41) is 11.1. The molecular formula is C15H27NO2S. The summed E-state index contributed by atoms with van der Waals surface area (Å²) in [6, 6.07) is 0. The molecule has 3 nitrogen and oxygen atoms in total. The van der Waals surface area contributed by atoms with Crippen LogP contribution in [0.2, 0.25) is 0 Å². The fourth-order valence-electron chi connectivity index (χ4n) is 4.19. The minimum Gasteiger partial charge on any atom is -0.388 e. The van der Waals surface area contributed by atoms with Crippen LogP contribution >= 0.6 is 11.8 Å². The molecule has 110 valence electrons. The van der Waals surface area contributed by atoms with Crippen molar-refractivity contribution in [3.8, 4) is 0 Å². The van der Waals surface area contributed by atoms with E-state index in [0.717, 1.165) is 45.4 Å². The highest BCUT2D eigenvalue weighted by Gasteiger charge is 2.47. The summed E-state index contributed by atoms with van der Waals surface area (Å²) in [5.41, 5.74) is -0.367. The van der Waals surface area contributed by atoms with E-state index in [-0.39, 0.29) is 5.60 Å². The number of hydrogen-bond acceptors (Lipinski definition) is 4. The molecule has 0 radical (unpaired) electrons. The summed E-state index contributed by atoms with van der Waals surface area (Å²) in [4.78, 5) is 2.29. The van der Waals surface area contributed by atoms with Gasteiger partial charge in [-0.3, -0.25) is 0 Å². The fourth-order valence-corrected chi connectivity index (χ4v) is 5.43. The number of hydrogen-bond donors (Lipinski definition) is 1. The topological polar surface area (TPSA) is 32.7 Å². The molecule has 0 aliphatic carbocycles. The lowest BCUT2D eigenvalue weighted by molar-refractivity contribution is -0.159. The third-order valence-electron chi connectivity index (χ3n) is 5.35. The van der Waals surface area contributed by atoms with E-state index < -0.39 is 5.60 Å². The Morgan fingerprint density at radius 2 is 2.05 bits per heavy atom. The molecule has 3 aliphatic rings. The van der Waals surface area contributed by atoms with Gasteiger partial charge in [-0.2, -0.15) is 11.8 Å². The summed E-state index contributed by atoms with van der Waals surface area (Å²) < 4.78 is 6.16. The van der Waals surface area contributed by atoms with Gasteiger partial charge >= 0.3 is 0 Å². The SMILES string of the molecule is CN1CCCC(O)(C2CCOC3(CCSCC3)C2)C1. The largest absolute Gasteiger partial charge is 0.388 e. The molecule has 0 aromatic heterocycles. The van der Waals surface area contributed by atoms with E-state index in [9.17, 15) is 5.11 Å². The van der Waals surface area contributed by atoms with Gasteiger partial charge in [0, 0.05) is 13.2 Å². The maximum atomic E-state index is 11.1. The van der Waals surface area contributed by atoms with Crippen molar-refractivity contribution in [3.63, 3.8) is 0 Å². The minimum absolute atomic E-state index is 0.0971. The van der Waals surface area contributed by atoms with Crippen molar-refractivity contribution < 1.29 is 9.84 Å². The molecule has 1 spiro atoms. The molecule has 3 saturated heterocycles. The van der Waals surface area contributed by atoms with Crippen molar-refractivity contribution in [2.24, 2.45) is 5.92 Å². The van der Waals surface area contributed by atoms with Gasteiger partial charge in [-0.15, -0.1) is 0 Å². The first-order valence-electron chi connectivity index (χ1n) is 7.75. The number of piperidine rings is 1. The summed E-state index contributed by atoms with van der Waals surface area (Å²) in [5.74, 6) is 2.89. The molecule has 0 saturated carbocycles. The quantitative estimate of drug-likeness (QED) is 0.800. The standard InChI is InChI=1S/C15H27NO2S/c1-16-7-2-4-15(17,12-16)13-3-8-18-14(11-13)5-9-19-10-6-14/h13,17H,2-12H2,1H3. The van der Waals surface area contributed by atoms with Crippen LogP contribution in [-0.2, 0) is 4.74 Å². The van der Waals surface area contributed by atoms with Gasteiger partial charge in [0.1, 0.15) is 0 Å². The van der Waals surface area contributed by atoms with Crippen LogP contribution in [0, 0.1) is 5.92 Å². The summed E-state index contributed by atoms with van der Waals surface area (Å²) >= 11 is 2.05. The zero-order chi connectivity index (χ0) is 13.3. The molecule has 3 fully saturated rings. The Kier molecular flexibility index (Phi) is 4.14. The molecule has 2 atom stereocenters. The Bertz CT molecular complexity index is 314. The van der Waals surface area contributed by atoms with Crippen molar-refractivity contribution in [1.29, 1.82) is 0 Å². The summed E-state index contributed by atoms with van der Waals surface area (Å²) in [7, 11) is 2.14. The molecule has 4 heteroatoms. The van der Waals surface area contributed by atoms with Crippen molar-refractivity contribution >= 4 is 11.8 Å². The third kappa shape index (κ3) is 2.97. The molecule has 3 rings (SSSR count). The molecule has 19 heavy (non-hydrogen) atoms. The van der Waals surface area contributed by atoms with Gasteiger partial charge in [-0.05, 0) is 69.5 Å². The first-order chi connectivity index (χ1) is 9.12. The van der Waals surface area contributed by atoms with Gasteiger partial charge in [0.25, 0.3) is 0 Å². The molecule has 0 bridgehead atoms. The highest BCUT2D eigenvalue weighted by Crippen LogP contribution is 2.44. The molecule has 1 N–H and O–H groups in total. The Morgan fingerprint density at radius 3 is 2.79 bits per heavy atom. The summed E-state index contributed by atoms with van der Waals surface area (Å²) in [6.45, 7) is 2.83. The molecular weight excluding hydrogens is 258 g/mol. The number of β-amino-alcohol motifs (C(OH)–C–C–N with tert-alkyl or cyclic N) is 1. The number of likely N-dealkylation sites (tertiary alicyclic amines) is 1. The van der Waals surface area contributed by atoms with Gasteiger partial charge in [0.2, 0.25) is 0 Å². The predicted octanol–water partition coefficient (Wildman–Crippen LogP) is 2.14. The van der Waals surface area contributed by atoms with E-state index in [0.29, 0.717) is 5.92 Å². The molecule has 3 heterocycles. The third-order valence-corrected chi connectivity index (χ3v) is 6.34. The van der Waals surface area contributed by atoms with Crippen LogP contribution < -0.4 is 0 Å². The number of ether oxygens (including phenoxy) is 1. The van der Waals surface area contributed by atoms with Crippen molar-refractivity contribution in [3.05, 3.63) is 0 Å². The van der Waals surface area contributed by atoms with E-state index in [1.54, 1.807) is 0 Å². The lowest BCUT2D eigenvalue weighted by Crippen LogP contribution is -2.56. The number of rotatable bonds is 1. The predicted molar refractivity (Wildman–Crippen MR) is 79.6 cm³/mol. The highest BCUT2D eigenvalue weighted by molar-refractivity contribution is 7.99. The number of nitrogens with zero attached hydrogens (tertiary/aromatic N) is 1. The second kappa shape index (κ2) is 5.55. The Hall–Kier alpha value is 0.230. The number of thioether (sulfide) groups is 1. The van der Waals surface area contributed by atoms with E-state index in [4.69, 9.17) is 4.74 Å². The molecule has 0 aromatic carbocycles. The minimum atomic E-state index is -0.464. The van der Waals surface area contributed by atoms with E-state index >= 15 is 0 Å². The van der Waals surface area contributed by atoms with Gasteiger partial charge < -0.3 is 14.7 Å². The van der Waals surface area contributed by atoms with Crippen LogP contribution in [0.5, 0.6) is 0 Å². The summed E-state index contributed by atoms with van der Waals surface area (Å²) in [6.07, 6.45) is 6.59. The highest BCUT2D eigenvalue weighted by atomic mass is 32.2. The Labute approximate surface area is 121 Å². The van der Waals surface area contributed by atoms with E-state index in [1.165, 1.54) is 24.3 Å². The van der Waals surface area contributed by atoms with Crippen LogP contribution in [0.25, 0.3) is 0 Å². The zero-order valence-corrected chi connectivity index (χ0v) is 12.9. The first-order valence-corrected chi connectivity index (χ1v) is 8.90. The molecule has 2 unspecified atom stereocenters. The van der Waals surface area contributed by atoms with Crippen LogP contribution in [0.3, 0.4) is 0 Å². The molecule has 3 aliphatic heterocycles. The molecule has 0 amide bonds. The normalized spacial score (nSPS) is 40.4. The average molecular weight is 285 g/mol. The van der Waals surface area contributed by atoms with Crippen molar-refractivity contribution in [1.82, 2.24) is 4.90 Å². The van der Waals surface area contributed by atoms with E-state index in [2.05, 4.69) is 11.9 Å². The van der Waals surface area contributed by atoms with Crippen molar-refractivity contribution in [2.75, 3.05) is 38.2 Å². The maximum Gasteiger partial charge on any atom is 0.0804 e. The van der Waals surface area contributed by atoms with Gasteiger partial charge in [0.15, 0.2) is 0 Å². The van der Waals surface area contributed by atoms with E-state index in [1.807, 2.05) is 11.8 Å². The Morgan fingerprint density at radius 1 is 1.26 bits per heavy atom. The second-order valence-electron chi connectivity index (χ2n) is 6.78. The number of likely N-dealkylation sites (N-methyl/N-ethyl adjacent to an activating group) is 1. The monoisotopic (exact) mass is 285 g/mol. The smallest absolute Gasteiger partial charge is 0.0804 e. The second-order valence-corrected chi connectivity index (χ2v) is 8.00. The zero-order valence-electron chi connectivity index (χ0n) is 12.1. The maximum absolute atomic E-state index is 11.1. The average Bonchev–Trinajstić information content (AvgIpc) is 2.39.